The summed E-state index contributed by atoms with van der Waals surface area (Å²) in [6.45, 7) is 1.72. The number of carbonyl (C=O) groups excluding carboxylic acids is 1. The molecule has 0 aliphatic rings. The first-order valence-corrected chi connectivity index (χ1v) is 9.13. The third-order valence-electron chi connectivity index (χ3n) is 4.22. The Kier molecular flexibility index (Phi) is 5.60. The number of aromatic nitrogens is 2. The van der Waals surface area contributed by atoms with Gasteiger partial charge in [-0.25, -0.2) is 4.79 Å². The van der Waals surface area contributed by atoms with Crippen LogP contribution >= 0.6 is 11.3 Å². The van der Waals surface area contributed by atoms with E-state index in [9.17, 15) is 9.90 Å². The zero-order chi connectivity index (χ0) is 18.4. The van der Waals surface area contributed by atoms with Crippen LogP contribution in [0, 0.1) is 0 Å². The smallest absolute Gasteiger partial charge is 0.321 e. The van der Waals surface area contributed by atoms with Crippen LogP contribution < -0.4 is 10.6 Å². The molecule has 0 bridgehead atoms. The van der Waals surface area contributed by atoms with Crippen LogP contribution in [0.1, 0.15) is 18.9 Å². The first kappa shape index (κ1) is 18.0. The average molecular weight is 368 g/mol. The molecule has 6 nitrogen and oxygen atoms in total. The number of anilines is 1. The van der Waals surface area contributed by atoms with Gasteiger partial charge in [0.05, 0.1) is 12.1 Å². The zero-order valence-electron chi connectivity index (χ0n) is 14.3. The summed E-state index contributed by atoms with van der Waals surface area (Å²) in [5.74, 6) is 0. The molecule has 134 valence electrons. The summed E-state index contributed by atoms with van der Waals surface area (Å²) < 4.78 is 0. The third kappa shape index (κ3) is 3.89. The van der Waals surface area contributed by atoms with Crippen LogP contribution in [-0.2, 0) is 5.54 Å². The van der Waals surface area contributed by atoms with Crippen LogP contribution in [0.25, 0.3) is 10.6 Å². The van der Waals surface area contributed by atoms with Crippen LogP contribution in [0.5, 0.6) is 0 Å². The molecule has 7 heteroatoms. The van der Waals surface area contributed by atoms with E-state index in [1.54, 1.807) is 0 Å². The maximum Gasteiger partial charge on any atom is 0.321 e. The van der Waals surface area contributed by atoms with Gasteiger partial charge in [0.15, 0.2) is 0 Å². The molecule has 1 unspecified atom stereocenters. The molecule has 1 atom stereocenters. The lowest BCUT2D eigenvalue weighted by atomic mass is 9.88. The lowest BCUT2D eigenvalue weighted by molar-refractivity contribution is 0.159. The monoisotopic (exact) mass is 368 g/mol. The summed E-state index contributed by atoms with van der Waals surface area (Å²) in [6.07, 6.45) is 0.548. The van der Waals surface area contributed by atoms with Crippen molar-refractivity contribution in [2.45, 2.75) is 18.9 Å². The minimum absolute atomic E-state index is 0.202. The van der Waals surface area contributed by atoms with E-state index in [0.717, 1.165) is 16.1 Å². The summed E-state index contributed by atoms with van der Waals surface area (Å²) in [6, 6.07) is 18.7. The number of hydrogen-bond donors (Lipinski definition) is 3. The predicted octanol–water partition coefficient (Wildman–Crippen LogP) is 3.62. The molecule has 0 aliphatic heterocycles. The molecule has 3 aromatic rings. The highest BCUT2D eigenvalue weighted by Gasteiger charge is 2.31. The molecule has 0 aliphatic carbocycles. The summed E-state index contributed by atoms with van der Waals surface area (Å²) in [4.78, 5) is 12.5. The molecular weight excluding hydrogens is 348 g/mol. The van der Waals surface area contributed by atoms with E-state index in [0.29, 0.717) is 11.6 Å². The van der Waals surface area contributed by atoms with E-state index in [4.69, 9.17) is 0 Å². The Hall–Kier alpha value is -2.77. The number of benzene rings is 2. The second-order valence-corrected chi connectivity index (χ2v) is 6.79. The van der Waals surface area contributed by atoms with Crippen molar-refractivity contribution in [3.05, 3.63) is 66.2 Å². The van der Waals surface area contributed by atoms with Gasteiger partial charge in [0.25, 0.3) is 0 Å². The number of urea groups is 1. The fourth-order valence-corrected chi connectivity index (χ4v) is 3.43. The number of carbonyl (C=O) groups is 1. The van der Waals surface area contributed by atoms with E-state index < -0.39 is 11.6 Å². The van der Waals surface area contributed by atoms with Crippen LogP contribution in [0.3, 0.4) is 0 Å². The number of rotatable bonds is 6. The van der Waals surface area contributed by atoms with Crippen molar-refractivity contribution in [1.82, 2.24) is 15.5 Å². The van der Waals surface area contributed by atoms with Gasteiger partial charge in [0.2, 0.25) is 5.13 Å². The SMILES string of the molecule is CCC(CO)(NC(=O)Nc1nnc(-c2ccccc2)s1)c1ccccc1. The lowest BCUT2D eigenvalue weighted by Gasteiger charge is -2.32. The molecule has 0 radical (unpaired) electrons. The Balaban J connectivity index is 1.73. The molecule has 3 rings (SSSR count). The summed E-state index contributed by atoms with van der Waals surface area (Å²) in [7, 11) is 0. The summed E-state index contributed by atoms with van der Waals surface area (Å²) in [5.41, 5.74) is 0.946. The predicted molar refractivity (Wildman–Crippen MR) is 103 cm³/mol. The maximum absolute atomic E-state index is 12.5. The second-order valence-electron chi connectivity index (χ2n) is 5.82. The molecule has 0 fully saturated rings. The van der Waals surface area contributed by atoms with Gasteiger partial charge >= 0.3 is 6.03 Å². The van der Waals surface area contributed by atoms with Gasteiger partial charge < -0.3 is 10.4 Å². The van der Waals surface area contributed by atoms with Crippen LogP contribution in [0.2, 0.25) is 0 Å². The summed E-state index contributed by atoms with van der Waals surface area (Å²) in [5, 5.41) is 24.8. The van der Waals surface area contributed by atoms with Gasteiger partial charge in [-0.1, -0.05) is 78.9 Å². The Bertz CT molecular complexity index is 848. The Morgan fingerprint density at radius 1 is 1.08 bits per heavy atom. The summed E-state index contributed by atoms with van der Waals surface area (Å²) >= 11 is 1.29. The minimum atomic E-state index is -0.849. The van der Waals surface area contributed by atoms with Gasteiger partial charge in [0, 0.05) is 5.56 Å². The first-order valence-electron chi connectivity index (χ1n) is 8.31. The van der Waals surface area contributed by atoms with Gasteiger partial charge in [0.1, 0.15) is 5.01 Å². The topological polar surface area (TPSA) is 87.1 Å². The normalized spacial score (nSPS) is 13.0. The average Bonchev–Trinajstić information content (AvgIpc) is 3.16. The van der Waals surface area contributed by atoms with Crippen LogP contribution in [-0.4, -0.2) is 27.9 Å². The standard InChI is InChI=1S/C19H20N4O2S/c1-2-19(13-24,15-11-7-4-8-12-15)21-17(25)20-18-23-22-16(26-18)14-9-5-3-6-10-14/h3-12,24H,2,13H2,1H3,(H2,20,21,23,25). The van der Waals surface area contributed by atoms with Crippen molar-refractivity contribution >= 4 is 22.5 Å². The van der Waals surface area contributed by atoms with Gasteiger partial charge in [-0.3, -0.25) is 5.32 Å². The number of aliphatic hydroxyl groups excluding tert-OH is 1. The number of amides is 2. The van der Waals surface area contributed by atoms with Gasteiger partial charge in [-0.15, -0.1) is 10.2 Å². The van der Waals surface area contributed by atoms with Crippen molar-refractivity contribution in [2.75, 3.05) is 11.9 Å². The first-order chi connectivity index (χ1) is 12.7. The number of nitrogens with zero attached hydrogens (tertiary/aromatic N) is 2. The quantitative estimate of drug-likeness (QED) is 0.620. The largest absolute Gasteiger partial charge is 0.394 e. The molecule has 0 spiro atoms. The molecular formula is C19H20N4O2S. The fourth-order valence-electron chi connectivity index (χ4n) is 2.68. The Morgan fingerprint density at radius 3 is 2.35 bits per heavy atom. The number of aliphatic hydroxyl groups is 1. The van der Waals surface area contributed by atoms with Crippen LogP contribution in [0.15, 0.2) is 60.7 Å². The maximum atomic E-state index is 12.5. The van der Waals surface area contributed by atoms with E-state index >= 15 is 0 Å². The molecule has 2 amide bonds. The molecule has 1 aromatic heterocycles. The molecule has 0 saturated carbocycles. The molecule has 3 N–H and O–H groups in total. The Labute approximate surface area is 155 Å². The van der Waals surface area contributed by atoms with E-state index in [-0.39, 0.29) is 6.61 Å². The van der Waals surface area contributed by atoms with Crippen molar-refractivity contribution in [2.24, 2.45) is 0 Å². The highest BCUT2D eigenvalue weighted by molar-refractivity contribution is 7.18. The van der Waals surface area contributed by atoms with Crippen molar-refractivity contribution in [3.63, 3.8) is 0 Å². The van der Waals surface area contributed by atoms with Gasteiger partial charge in [-0.05, 0) is 12.0 Å². The fraction of sp³-hybridized carbons (Fsp3) is 0.211. The van der Waals surface area contributed by atoms with E-state index in [1.165, 1.54) is 11.3 Å². The van der Waals surface area contributed by atoms with Crippen molar-refractivity contribution in [3.8, 4) is 10.6 Å². The van der Waals surface area contributed by atoms with E-state index in [1.807, 2.05) is 67.6 Å². The molecule has 1 heterocycles. The van der Waals surface area contributed by atoms with Crippen molar-refractivity contribution < 1.29 is 9.90 Å². The Morgan fingerprint density at radius 2 is 1.73 bits per heavy atom. The second kappa shape index (κ2) is 8.07. The van der Waals surface area contributed by atoms with E-state index in [2.05, 4.69) is 20.8 Å². The molecule has 0 saturated heterocycles. The third-order valence-corrected chi connectivity index (χ3v) is 5.11. The molecule has 26 heavy (non-hydrogen) atoms. The highest BCUT2D eigenvalue weighted by Crippen LogP contribution is 2.27. The highest BCUT2D eigenvalue weighted by atomic mass is 32.1. The minimum Gasteiger partial charge on any atom is -0.394 e. The lowest BCUT2D eigenvalue weighted by Crippen LogP contribution is -2.49. The van der Waals surface area contributed by atoms with Crippen molar-refractivity contribution in [1.29, 1.82) is 0 Å². The zero-order valence-corrected chi connectivity index (χ0v) is 15.2. The van der Waals surface area contributed by atoms with Gasteiger partial charge in [-0.2, -0.15) is 0 Å². The molecule has 2 aromatic carbocycles. The number of hydrogen-bond acceptors (Lipinski definition) is 5. The van der Waals surface area contributed by atoms with Crippen LogP contribution in [0.4, 0.5) is 9.93 Å². The number of nitrogens with one attached hydrogen (secondary N) is 2.